The van der Waals surface area contributed by atoms with Gasteiger partial charge in [0.15, 0.2) is 0 Å². The molecule has 0 saturated carbocycles. The molecule has 0 aliphatic heterocycles. The van der Waals surface area contributed by atoms with Crippen LogP contribution in [0.25, 0.3) is 76.9 Å². The molecule has 0 atom stereocenters. The molecule has 0 nitrogen and oxygen atoms in total. The minimum Gasteiger partial charge on any atom is -0.0616 e. The van der Waals surface area contributed by atoms with Crippen molar-refractivity contribution in [1.82, 2.24) is 0 Å². The fraction of sp³-hybridized carbons (Fsp3) is 0.214. The molecule has 4 aliphatic rings. The summed E-state index contributed by atoms with van der Waals surface area (Å²) < 4.78 is 0. The molecule has 272 valence electrons. The van der Waals surface area contributed by atoms with Gasteiger partial charge in [0.25, 0.3) is 0 Å². The van der Waals surface area contributed by atoms with E-state index < -0.39 is 0 Å². The smallest absolute Gasteiger partial charge is 0.0211 e. The summed E-state index contributed by atoms with van der Waals surface area (Å²) >= 11 is 0. The summed E-state index contributed by atoms with van der Waals surface area (Å²) in [5.41, 5.74) is 22.2. The van der Waals surface area contributed by atoms with Crippen LogP contribution in [0.4, 0.5) is 0 Å². The Morgan fingerprint density at radius 2 is 0.732 bits per heavy atom. The highest BCUT2D eigenvalue weighted by molar-refractivity contribution is 6.24. The lowest BCUT2D eigenvalue weighted by Gasteiger charge is -2.30. The number of allylic oxidation sites excluding steroid dienone is 8. The molecule has 0 unspecified atom stereocenters. The molecule has 0 spiro atoms. The fourth-order valence-electron chi connectivity index (χ4n) is 10.5. The van der Waals surface area contributed by atoms with E-state index in [1.54, 1.807) is 0 Å². The van der Waals surface area contributed by atoms with Crippen molar-refractivity contribution in [3.8, 4) is 22.3 Å². The van der Waals surface area contributed by atoms with Crippen molar-refractivity contribution >= 4 is 54.6 Å². The first kappa shape index (κ1) is 33.6. The van der Waals surface area contributed by atoms with Crippen molar-refractivity contribution in [1.29, 1.82) is 0 Å². The zero-order chi connectivity index (χ0) is 38.4. The summed E-state index contributed by atoms with van der Waals surface area (Å²) in [7, 11) is 0. The Bertz CT molecular complexity index is 2840. The average Bonchev–Trinajstić information content (AvgIpc) is 3.66. The van der Waals surface area contributed by atoms with Crippen LogP contribution in [-0.2, 0) is 10.8 Å². The Hall–Kier alpha value is -5.72. The molecule has 11 rings (SSSR count). The van der Waals surface area contributed by atoms with Crippen LogP contribution in [0, 0.1) is 25.7 Å². The van der Waals surface area contributed by atoms with Gasteiger partial charge in [-0.25, -0.2) is 0 Å². The summed E-state index contributed by atoms with van der Waals surface area (Å²) in [5.74, 6) is 0.657. The van der Waals surface area contributed by atoms with E-state index in [2.05, 4.69) is 189 Å². The number of hydrogen-bond donors (Lipinski definition) is 0. The lowest BCUT2D eigenvalue weighted by molar-refractivity contribution is 0.590. The van der Waals surface area contributed by atoms with Crippen LogP contribution in [0.15, 0.2) is 133 Å². The first-order valence-corrected chi connectivity index (χ1v) is 20.5. The fourth-order valence-corrected chi connectivity index (χ4v) is 10.5. The Morgan fingerprint density at radius 1 is 0.375 bits per heavy atom. The first-order valence-electron chi connectivity index (χ1n) is 20.5. The molecular weight excluding hydrogens is 673 g/mol. The van der Waals surface area contributed by atoms with Gasteiger partial charge in [-0.1, -0.05) is 151 Å². The van der Waals surface area contributed by atoms with E-state index in [1.807, 2.05) is 0 Å². The molecule has 7 aromatic rings. The molecule has 4 aliphatic carbocycles. The minimum absolute atomic E-state index is 0.0389. The number of aryl methyl sites for hydroxylation is 2. The second-order valence-corrected chi connectivity index (χ2v) is 19.0. The highest BCUT2D eigenvalue weighted by Crippen LogP contribution is 2.64. The monoisotopic (exact) mass is 720 g/mol. The number of rotatable bonds is 2. The number of fused-ring (bicyclic) bond motifs is 9. The van der Waals surface area contributed by atoms with Gasteiger partial charge >= 0.3 is 0 Å². The lowest BCUT2D eigenvalue weighted by atomic mass is 9.72. The zero-order valence-electron chi connectivity index (χ0n) is 33.9. The van der Waals surface area contributed by atoms with Crippen LogP contribution in [0.5, 0.6) is 0 Å². The van der Waals surface area contributed by atoms with Gasteiger partial charge in [-0.15, -0.1) is 0 Å². The van der Waals surface area contributed by atoms with E-state index in [4.69, 9.17) is 0 Å². The molecule has 0 bridgehead atoms. The third-order valence-corrected chi connectivity index (χ3v) is 13.6. The van der Waals surface area contributed by atoms with Crippen LogP contribution >= 0.6 is 0 Å². The van der Waals surface area contributed by atoms with Crippen LogP contribution in [0.1, 0.15) is 86.1 Å². The molecular formula is C56H48. The van der Waals surface area contributed by atoms with Gasteiger partial charge in [-0.2, -0.15) is 0 Å². The second kappa shape index (κ2) is 11.4. The highest BCUT2D eigenvalue weighted by Gasteiger charge is 2.47. The molecule has 7 aromatic carbocycles. The van der Waals surface area contributed by atoms with Gasteiger partial charge in [0.2, 0.25) is 0 Å². The molecule has 56 heavy (non-hydrogen) atoms. The van der Waals surface area contributed by atoms with Crippen LogP contribution < -0.4 is 0 Å². The second-order valence-electron chi connectivity index (χ2n) is 19.0. The maximum Gasteiger partial charge on any atom is 0.0211 e. The molecule has 0 heteroatoms. The van der Waals surface area contributed by atoms with Gasteiger partial charge in [0.05, 0.1) is 0 Å². The topological polar surface area (TPSA) is 0 Å². The summed E-state index contributed by atoms with van der Waals surface area (Å²) in [6, 6.07) is 42.6. The summed E-state index contributed by atoms with van der Waals surface area (Å²) in [6.07, 6.45) is 9.85. The van der Waals surface area contributed by atoms with Crippen molar-refractivity contribution in [2.45, 2.75) is 66.2 Å². The highest BCUT2D eigenvalue weighted by atomic mass is 14.5. The molecule has 0 radical (unpaired) electrons. The van der Waals surface area contributed by atoms with Crippen molar-refractivity contribution in [2.24, 2.45) is 11.8 Å². The van der Waals surface area contributed by atoms with Crippen LogP contribution in [0.2, 0.25) is 0 Å². The summed E-state index contributed by atoms with van der Waals surface area (Å²) in [5, 5.41) is 7.98. The molecule has 0 saturated heterocycles. The van der Waals surface area contributed by atoms with E-state index in [1.165, 1.54) is 121 Å². The maximum atomic E-state index is 2.59. The standard InChI is InChI=1S/C56H48/c1-31-23-47-48(24-32(31)2)52(36-16-12-18-38(26-36)56(6,7)8)50-30-46-42-22-20-40-44-28-34-14-10-9-13-33(34)27-43(44)39-19-21-41(54(42)53(39)40)45(46)29-49(50)51(47)35-15-11-17-37(25-35)55(3,4)5/h9-30,53-54H,1-8H3. The molecule has 0 heterocycles. The van der Waals surface area contributed by atoms with Gasteiger partial charge in [0.1, 0.15) is 0 Å². The Balaban J connectivity index is 1.24. The van der Waals surface area contributed by atoms with E-state index >= 15 is 0 Å². The Labute approximate surface area is 331 Å². The van der Waals surface area contributed by atoms with Gasteiger partial charge in [0, 0.05) is 11.8 Å². The average molecular weight is 721 g/mol. The molecule has 0 amide bonds. The van der Waals surface area contributed by atoms with E-state index in [0.717, 1.165) is 0 Å². The van der Waals surface area contributed by atoms with Crippen molar-refractivity contribution in [2.75, 3.05) is 0 Å². The molecule has 0 aromatic heterocycles. The Kier molecular flexibility index (Phi) is 6.85. The van der Waals surface area contributed by atoms with Crippen molar-refractivity contribution in [3.63, 3.8) is 0 Å². The van der Waals surface area contributed by atoms with Crippen LogP contribution in [0.3, 0.4) is 0 Å². The third kappa shape index (κ3) is 4.72. The quantitative estimate of drug-likeness (QED) is 0.156. The van der Waals surface area contributed by atoms with E-state index in [0.29, 0.717) is 11.8 Å². The number of benzene rings is 7. The van der Waals surface area contributed by atoms with Crippen molar-refractivity contribution in [3.05, 3.63) is 178 Å². The van der Waals surface area contributed by atoms with Gasteiger partial charge in [-0.3, -0.25) is 0 Å². The maximum absolute atomic E-state index is 2.59. The van der Waals surface area contributed by atoms with Gasteiger partial charge in [-0.05, 0) is 170 Å². The first-order chi connectivity index (χ1) is 26.8. The predicted molar refractivity (Wildman–Crippen MR) is 242 cm³/mol. The van der Waals surface area contributed by atoms with E-state index in [-0.39, 0.29) is 10.8 Å². The largest absolute Gasteiger partial charge is 0.0616 e. The van der Waals surface area contributed by atoms with Gasteiger partial charge < -0.3 is 0 Å². The van der Waals surface area contributed by atoms with E-state index in [9.17, 15) is 0 Å². The van der Waals surface area contributed by atoms with Crippen LogP contribution in [-0.4, -0.2) is 0 Å². The number of hydrogen-bond acceptors (Lipinski definition) is 0. The Morgan fingerprint density at radius 3 is 1.11 bits per heavy atom. The molecule has 0 fully saturated rings. The predicted octanol–water partition coefficient (Wildman–Crippen LogP) is 15.2. The normalized spacial score (nSPS) is 18.1. The zero-order valence-corrected chi connectivity index (χ0v) is 33.9. The third-order valence-electron chi connectivity index (χ3n) is 13.6. The SMILES string of the molecule is Cc1cc2c(-c3cccc(C(C)(C)C)c3)c3cc4c(cc3c(-c3cccc(C(C)(C)C)c3)c2cc1C)C1=CC=C2c3cc5ccccc5cc3C3=CC=C4C1C32. The molecule has 0 N–H and O–H groups in total. The van der Waals surface area contributed by atoms with Crippen molar-refractivity contribution < 1.29 is 0 Å². The lowest BCUT2D eigenvalue weighted by Crippen LogP contribution is -2.17. The summed E-state index contributed by atoms with van der Waals surface area (Å²) in [4.78, 5) is 0. The summed E-state index contributed by atoms with van der Waals surface area (Å²) in [6.45, 7) is 18.5. The minimum atomic E-state index is 0.0389.